The van der Waals surface area contributed by atoms with Gasteiger partial charge in [-0.25, -0.2) is 8.42 Å². The van der Waals surface area contributed by atoms with E-state index in [4.69, 9.17) is 14.2 Å². The zero-order chi connectivity index (χ0) is 25.7. The molecule has 0 amide bonds. The molecule has 0 bridgehead atoms. The summed E-state index contributed by atoms with van der Waals surface area (Å²) >= 11 is 0. The molecular weight excluding hydrogens is 484 g/mol. The van der Waals surface area contributed by atoms with Crippen molar-refractivity contribution in [2.75, 3.05) is 31.4 Å². The van der Waals surface area contributed by atoms with Crippen molar-refractivity contribution in [3.63, 3.8) is 0 Å². The predicted octanol–water partition coefficient (Wildman–Crippen LogP) is 2.98. The molecule has 36 heavy (non-hydrogen) atoms. The second-order valence-electron chi connectivity index (χ2n) is 8.66. The molecule has 0 aromatic heterocycles. The summed E-state index contributed by atoms with van der Waals surface area (Å²) in [5, 5.41) is 24.2. The molecule has 1 aliphatic rings. The number of phenols is 1. The topological polar surface area (TPSA) is 126 Å². The van der Waals surface area contributed by atoms with Gasteiger partial charge in [-0.1, -0.05) is 36.4 Å². The van der Waals surface area contributed by atoms with Crippen molar-refractivity contribution < 1.29 is 32.8 Å². The maximum absolute atomic E-state index is 11.6. The average molecular weight is 515 g/mol. The number of aromatic hydroxyl groups is 1. The van der Waals surface area contributed by atoms with Crippen LogP contribution in [0.4, 0.5) is 5.69 Å². The molecule has 0 saturated heterocycles. The van der Waals surface area contributed by atoms with Crippen LogP contribution >= 0.6 is 0 Å². The summed E-state index contributed by atoms with van der Waals surface area (Å²) in [6, 6.07) is 18.1. The zero-order valence-electron chi connectivity index (χ0n) is 20.1. The maximum Gasteiger partial charge on any atom is 0.231 e. The van der Waals surface area contributed by atoms with E-state index in [0.29, 0.717) is 29.2 Å². The highest BCUT2D eigenvalue weighted by Gasteiger charge is 2.27. The summed E-state index contributed by atoms with van der Waals surface area (Å²) in [7, 11) is -1.98. The molecule has 3 aromatic rings. The van der Waals surface area contributed by atoms with Gasteiger partial charge >= 0.3 is 0 Å². The second-order valence-corrected chi connectivity index (χ2v) is 10.4. The highest BCUT2D eigenvalue weighted by Crippen LogP contribution is 2.45. The van der Waals surface area contributed by atoms with Gasteiger partial charge in [0.15, 0.2) is 11.5 Å². The van der Waals surface area contributed by atoms with Gasteiger partial charge in [0.2, 0.25) is 22.6 Å². The van der Waals surface area contributed by atoms with Crippen molar-refractivity contribution in [1.82, 2.24) is 5.32 Å². The average Bonchev–Trinajstić information content (AvgIpc) is 3.33. The van der Waals surface area contributed by atoms with E-state index < -0.39 is 16.1 Å². The quantitative estimate of drug-likeness (QED) is 0.288. The number of anilines is 1. The summed E-state index contributed by atoms with van der Waals surface area (Å²) < 4.78 is 42.2. The minimum Gasteiger partial charge on any atom is -0.506 e. The van der Waals surface area contributed by atoms with E-state index in [1.807, 2.05) is 42.5 Å². The molecule has 4 N–H and O–H groups in total. The molecule has 0 spiro atoms. The molecule has 192 valence electrons. The lowest BCUT2D eigenvalue weighted by atomic mass is 9.97. The minimum atomic E-state index is -3.55. The normalized spacial score (nSPS) is 14.3. The lowest BCUT2D eigenvalue weighted by Gasteiger charge is -2.23. The van der Waals surface area contributed by atoms with E-state index in [2.05, 4.69) is 10.0 Å². The maximum atomic E-state index is 11.6. The molecule has 3 aromatic carbocycles. The van der Waals surface area contributed by atoms with E-state index in [1.165, 1.54) is 12.1 Å². The third-order valence-corrected chi connectivity index (χ3v) is 6.41. The number of phenolic OH excluding ortho intramolecular Hbond substituents is 1. The van der Waals surface area contributed by atoms with Crippen LogP contribution in [0.3, 0.4) is 0 Å². The van der Waals surface area contributed by atoms with Crippen molar-refractivity contribution in [3.05, 3.63) is 77.4 Å². The van der Waals surface area contributed by atoms with E-state index >= 15 is 0 Å². The fourth-order valence-corrected chi connectivity index (χ4v) is 4.75. The molecule has 2 atom stereocenters. The van der Waals surface area contributed by atoms with Crippen molar-refractivity contribution >= 4 is 15.7 Å². The van der Waals surface area contributed by atoms with Gasteiger partial charge in [0.05, 0.1) is 25.2 Å². The Morgan fingerprint density at radius 3 is 2.47 bits per heavy atom. The number of methoxy groups -OCH3 is 1. The fraction of sp³-hybridized carbons (Fsp3) is 0.308. The Bertz CT molecular complexity index is 1300. The number of nitrogens with one attached hydrogen (secondary N) is 2. The highest BCUT2D eigenvalue weighted by molar-refractivity contribution is 7.92. The molecule has 2 unspecified atom stereocenters. The molecule has 0 radical (unpaired) electrons. The Labute approximate surface area is 210 Å². The lowest BCUT2D eigenvalue weighted by Crippen LogP contribution is -2.33. The van der Waals surface area contributed by atoms with Crippen LogP contribution in [0.15, 0.2) is 60.7 Å². The SMILES string of the molecule is COc1ccc(C(Cc2ccccc2)NCC(O)Cc2ccc(O)c(NS(C)(=O)=O)c2)c2c1OCO2. The molecule has 0 aliphatic carbocycles. The van der Waals surface area contributed by atoms with Crippen molar-refractivity contribution in [2.45, 2.75) is 25.0 Å². The number of fused-ring (bicyclic) bond motifs is 1. The van der Waals surface area contributed by atoms with Crippen LogP contribution in [0.5, 0.6) is 23.0 Å². The van der Waals surface area contributed by atoms with Gasteiger partial charge < -0.3 is 29.7 Å². The Kier molecular flexibility index (Phi) is 7.88. The number of aliphatic hydroxyl groups is 1. The Morgan fingerprint density at radius 2 is 1.75 bits per heavy atom. The van der Waals surface area contributed by atoms with E-state index in [0.717, 1.165) is 17.4 Å². The monoisotopic (exact) mass is 514 g/mol. The van der Waals surface area contributed by atoms with Gasteiger partial charge in [-0.15, -0.1) is 0 Å². The number of benzene rings is 3. The number of hydrogen-bond donors (Lipinski definition) is 4. The fourth-order valence-electron chi connectivity index (χ4n) is 4.18. The summed E-state index contributed by atoms with van der Waals surface area (Å²) in [6.07, 6.45) is 1.14. The summed E-state index contributed by atoms with van der Waals surface area (Å²) in [5.74, 6) is 1.59. The molecule has 0 fully saturated rings. The molecule has 1 heterocycles. The lowest BCUT2D eigenvalue weighted by molar-refractivity contribution is 0.163. The largest absolute Gasteiger partial charge is 0.506 e. The van der Waals surface area contributed by atoms with Gasteiger partial charge in [0.25, 0.3) is 0 Å². The van der Waals surface area contributed by atoms with Crippen LogP contribution in [-0.4, -0.2) is 51.4 Å². The van der Waals surface area contributed by atoms with Crippen LogP contribution in [-0.2, 0) is 22.9 Å². The smallest absolute Gasteiger partial charge is 0.231 e. The van der Waals surface area contributed by atoms with Crippen LogP contribution < -0.4 is 24.2 Å². The molecule has 10 heteroatoms. The first-order chi connectivity index (χ1) is 17.2. The molecular formula is C26H30N2O7S. The van der Waals surface area contributed by atoms with Crippen molar-refractivity contribution in [1.29, 1.82) is 0 Å². The zero-order valence-corrected chi connectivity index (χ0v) is 20.9. The third kappa shape index (κ3) is 6.39. The Balaban J connectivity index is 1.51. The summed E-state index contributed by atoms with van der Waals surface area (Å²) in [4.78, 5) is 0. The van der Waals surface area contributed by atoms with E-state index in [1.54, 1.807) is 13.2 Å². The number of sulfonamides is 1. The van der Waals surface area contributed by atoms with Gasteiger partial charge in [-0.3, -0.25) is 4.72 Å². The van der Waals surface area contributed by atoms with Crippen LogP contribution in [0.25, 0.3) is 0 Å². The number of hydrogen-bond acceptors (Lipinski definition) is 8. The first-order valence-electron chi connectivity index (χ1n) is 11.4. The highest BCUT2D eigenvalue weighted by atomic mass is 32.2. The van der Waals surface area contributed by atoms with Crippen LogP contribution in [0, 0.1) is 0 Å². The van der Waals surface area contributed by atoms with Gasteiger partial charge in [0, 0.05) is 18.2 Å². The number of rotatable bonds is 11. The summed E-state index contributed by atoms with van der Waals surface area (Å²) in [6.45, 7) is 0.364. The first kappa shape index (κ1) is 25.6. The van der Waals surface area contributed by atoms with Crippen LogP contribution in [0.2, 0.25) is 0 Å². The van der Waals surface area contributed by atoms with Crippen LogP contribution in [0.1, 0.15) is 22.7 Å². The molecule has 1 aliphatic heterocycles. The van der Waals surface area contributed by atoms with Gasteiger partial charge in [-0.05, 0) is 48.2 Å². The summed E-state index contributed by atoms with van der Waals surface area (Å²) in [5.41, 5.74) is 2.75. The van der Waals surface area contributed by atoms with Gasteiger partial charge in [-0.2, -0.15) is 0 Å². The predicted molar refractivity (Wildman–Crippen MR) is 136 cm³/mol. The molecule has 0 saturated carbocycles. The van der Waals surface area contributed by atoms with Gasteiger partial charge in [0.1, 0.15) is 5.75 Å². The van der Waals surface area contributed by atoms with E-state index in [-0.39, 0.29) is 37.2 Å². The molecule has 4 rings (SSSR count). The number of aliphatic hydroxyl groups excluding tert-OH is 1. The first-order valence-corrected chi connectivity index (χ1v) is 13.3. The third-order valence-electron chi connectivity index (χ3n) is 5.82. The Morgan fingerprint density at radius 1 is 1.00 bits per heavy atom. The van der Waals surface area contributed by atoms with Crippen molar-refractivity contribution in [3.8, 4) is 23.0 Å². The minimum absolute atomic E-state index is 0.0723. The van der Waals surface area contributed by atoms with E-state index in [9.17, 15) is 18.6 Å². The standard InChI is InChI=1S/C26H30N2O7S/c1-33-24-11-9-20(25-26(24)35-16-34-25)21(13-17-6-4-3-5-7-17)27-15-19(29)12-18-8-10-23(30)22(14-18)28-36(2,31)32/h3-11,14,19,21,27-30H,12-13,15-16H2,1-2H3. The molecule has 9 nitrogen and oxygen atoms in total. The number of ether oxygens (including phenoxy) is 3. The Hall–Kier alpha value is -3.47. The second kappa shape index (κ2) is 11.1. The van der Waals surface area contributed by atoms with Crippen molar-refractivity contribution in [2.24, 2.45) is 0 Å².